The molecule has 1 unspecified atom stereocenters. The van der Waals surface area contributed by atoms with E-state index in [1.807, 2.05) is 0 Å². The molecule has 0 aromatic rings. The Morgan fingerprint density at radius 3 is 1.83 bits per heavy atom. The molecule has 128 valence electrons. The topological polar surface area (TPSA) is 43.2 Å². The second kappa shape index (κ2) is 5.49. The summed E-state index contributed by atoms with van der Waals surface area (Å²) in [7, 11) is 3.50. The second-order valence-corrected chi connectivity index (χ2v) is 8.71. The van der Waals surface area contributed by atoms with E-state index in [1.54, 1.807) is 14.2 Å². The van der Waals surface area contributed by atoms with Crippen LogP contribution in [0, 0.1) is 29.1 Å². The largest absolute Gasteiger partial charge is 0.483 e. The van der Waals surface area contributed by atoms with E-state index in [0.717, 1.165) is 29.5 Å². The zero-order valence-corrected chi connectivity index (χ0v) is 14.9. The number of rotatable bonds is 2. The Balaban J connectivity index is 1.70. The first-order chi connectivity index (χ1) is 11.0. The van der Waals surface area contributed by atoms with Crippen LogP contribution in [0.2, 0.25) is 0 Å². The van der Waals surface area contributed by atoms with Gasteiger partial charge in [0.2, 0.25) is 11.8 Å². The number of hydrogen-bond donors (Lipinski definition) is 0. The van der Waals surface area contributed by atoms with Gasteiger partial charge in [0.05, 0.1) is 14.2 Å². The molecule has 4 fully saturated rings. The van der Waals surface area contributed by atoms with Gasteiger partial charge < -0.3 is 9.47 Å². The summed E-state index contributed by atoms with van der Waals surface area (Å²) < 4.78 is 11.4. The van der Waals surface area contributed by atoms with Crippen LogP contribution < -0.4 is 0 Å². The Bertz CT molecular complexity index is 502. The molecule has 4 aliphatic carbocycles. The van der Waals surface area contributed by atoms with Crippen molar-refractivity contribution in [3.05, 3.63) is 0 Å². The van der Waals surface area contributed by atoms with E-state index in [0.29, 0.717) is 5.92 Å². The zero-order valence-electron chi connectivity index (χ0n) is 14.9. The van der Waals surface area contributed by atoms with E-state index in [9.17, 15) is 0 Å². The summed E-state index contributed by atoms with van der Waals surface area (Å²) in [4.78, 5) is 10.0. The molecule has 0 aromatic heterocycles. The number of aliphatic imine (C=N–C) groups is 2. The van der Waals surface area contributed by atoms with Gasteiger partial charge in [0, 0.05) is 5.41 Å². The van der Waals surface area contributed by atoms with Crippen molar-refractivity contribution in [3.8, 4) is 0 Å². The van der Waals surface area contributed by atoms with Gasteiger partial charge in [0.1, 0.15) is 12.1 Å². The van der Waals surface area contributed by atoms with Crippen molar-refractivity contribution in [2.24, 2.45) is 39.1 Å². The fraction of sp³-hybridized carbons (Fsp3) is 0.895. The second-order valence-electron chi connectivity index (χ2n) is 8.71. The number of hydrogen-bond acceptors (Lipinski definition) is 4. The van der Waals surface area contributed by atoms with Gasteiger partial charge in [-0.05, 0) is 62.2 Å². The van der Waals surface area contributed by atoms with Crippen molar-refractivity contribution < 1.29 is 9.47 Å². The average Bonchev–Trinajstić information content (AvgIpc) is 2.52. The fourth-order valence-corrected chi connectivity index (χ4v) is 6.21. The van der Waals surface area contributed by atoms with E-state index >= 15 is 0 Å². The quantitative estimate of drug-likeness (QED) is 0.779. The zero-order chi connectivity index (χ0) is 16.2. The molecule has 4 bridgehead atoms. The fourth-order valence-electron chi connectivity index (χ4n) is 6.21. The monoisotopic (exact) mass is 318 g/mol. The summed E-state index contributed by atoms with van der Waals surface area (Å²) in [5, 5.41) is 0. The molecule has 4 nitrogen and oxygen atoms in total. The van der Waals surface area contributed by atoms with Crippen LogP contribution in [-0.2, 0) is 9.47 Å². The molecule has 1 aliphatic heterocycles. The lowest BCUT2D eigenvalue weighted by molar-refractivity contribution is -0.0588. The Hall–Kier alpha value is -1.06. The molecular weight excluding hydrogens is 288 g/mol. The molecule has 4 saturated carbocycles. The summed E-state index contributed by atoms with van der Waals surface area (Å²) in [5.74, 6) is 4.75. The molecule has 4 heteroatoms. The van der Waals surface area contributed by atoms with Gasteiger partial charge in [-0.25, -0.2) is 9.98 Å². The van der Waals surface area contributed by atoms with Crippen molar-refractivity contribution in [2.45, 2.75) is 64.5 Å². The lowest BCUT2D eigenvalue weighted by Crippen LogP contribution is -2.55. The maximum absolute atomic E-state index is 5.75. The van der Waals surface area contributed by atoms with E-state index < -0.39 is 0 Å². The van der Waals surface area contributed by atoms with Crippen molar-refractivity contribution in [3.63, 3.8) is 0 Å². The summed E-state index contributed by atoms with van der Waals surface area (Å²) in [6, 6.07) is 0.0750. The van der Waals surface area contributed by atoms with Gasteiger partial charge in [-0.3, -0.25) is 0 Å². The van der Waals surface area contributed by atoms with Gasteiger partial charge in [0.15, 0.2) is 0 Å². The third-order valence-corrected chi connectivity index (χ3v) is 6.73. The molecule has 0 N–H and O–H groups in total. The highest BCUT2D eigenvalue weighted by atomic mass is 16.5. The predicted octanol–water partition coefficient (Wildman–Crippen LogP) is 3.70. The van der Waals surface area contributed by atoms with Crippen LogP contribution in [0.15, 0.2) is 9.98 Å². The average molecular weight is 318 g/mol. The van der Waals surface area contributed by atoms with Crippen molar-refractivity contribution in [2.75, 3.05) is 14.2 Å². The molecule has 0 spiro atoms. The van der Waals surface area contributed by atoms with E-state index in [4.69, 9.17) is 19.5 Å². The molecule has 0 amide bonds. The molecule has 5 rings (SSSR count). The highest BCUT2D eigenvalue weighted by Crippen LogP contribution is 2.62. The molecule has 5 aliphatic rings. The number of nitrogens with zero attached hydrogens (tertiary/aromatic N) is 2. The Morgan fingerprint density at radius 1 is 0.870 bits per heavy atom. The van der Waals surface area contributed by atoms with Crippen LogP contribution in [-0.4, -0.2) is 38.1 Å². The first-order valence-corrected chi connectivity index (χ1v) is 9.28. The minimum atomic E-state index is 0.000104. The third kappa shape index (κ3) is 2.40. The molecule has 1 heterocycles. The number of methoxy groups -OCH3 is 2. The Labute approximate surface area is 139 Å². The van der Waals surface area contributed by atoms with Gasteiger partial charge in [0.25, 0.3) is 0 Å². The van der Waals surface area contributed by atoms with Crippen molar-refractivity contribution >= 4 is 11.8 Å². The van der Waals surface area contributed by atoms with E-state index in [1.165, 1.54) is 38.5 Å². The summed E-state index contributed by atoms with van der Waals surface area (Å²) in [6.07, 6.45) is 8.25. The third-order valence-electron chi connectivity index (χ3n) is 6.73. The molecule has 0 aromatic carbocycles. The normalized spacial score (nSPS) is 45.0. The highest BCUT2D eigenvalue weighted by Gasteiger charge is 2.56. The van der Waals surface area contributed by atoms with E-state index in [-0.39, 0.29) is 17.5 Å². The van der Waals surface area contributed by atoms with Crippen molar-refractivity contribution in [1.29, 1.82) is 0 Å². The van der Waals surface area contributed by atoms with E-state index in [2.05, 4.69) is 13.8 Å². The smallest absolute Gasteiger partial charge is 0.210 e. The summed E-state index contributed by atoms with van der Waals surface area (Å²) in [5.41, 5.74) is 0.273. The Morgan fingerprint density at radius 2 is 1.39 bits per heavy atom. The standard InChI is InChI=1S/C19H30N2O2/c1-11(2)15-17(22-3)21-16(18(20-15)23-4)19-8-12-5-13(9-19)7-14(6-12)10-19/h11-16H,5-10H2,1-4H3/t12?,13?,14?,15-,16?,19?/m1/s1. The SMILES string of the molecule is COC1=N[C@H](C(C)C)C(OC)=NC1C12CC3CC(CC(C3)C1)C2. The highest BCUT2D eigenvalue weighted by molar-refractivity contribution is 5.94. The minimum absolute atomic E-state index is 0.000104. The van der Waals surface area contributed by atoms with Crippen LogP contribution in [0.1, 0.15) is 52.4 Å². The lowest BCUT2D eigenvalue weighted by atomic mass is 9.47. The molecular formula is C19H30N2O2. The van der Waals surface area contributed by atoms with Crippen LogP contribution in [0.3, 0.4) is 0 Å². The van der Waals surface area contributed by atoms with Crippen LogP contribution in [0.25, 0.3) is 0 Å². The predicted molar refractivity (Wildman–Crippen MR) is 91.9 cm³/mol. The lowest BCUT2D eigenvalue weighted by Gasteiger charge is -2.58. The van der Waals surface area contributed by atoms with Crippen LogP contribution in [0.4, 0.5) is 0 Å². The van der Waals surface area contributed by atoms with Gasteiger partial charge in [-0.15, -0.1) is 0 Å². The molecule has 2 atom stereocenters. The maximum Gasteiger partial charge on any atom is 0.210 e. The first-order valence-electron chi connectivity index (χ1n) is 9.28. The minimum Gasteiger partial charge on any atom is -0.483 e. The summed E-state index contributed by atoms with van der Waals surface area (Å²) >= 11 is 0. The van der Waals surface area contributed by atoms with Crippen LogP contribution >= 0.6 is 0 Å². The van der Waals surface area contributed by atoms with Gasteiger partial charge in [-0.2, -0.15) is 0 Å². The van der Waals surface area contributed by atoms with Gasteiger partial charge in [-0.1, -0.05) is 13.8 Å². The first kappa shape index (κ1) is 15.5. The summed E-state index contributed by atoms with van der Waals surface area (Å²) in [6.45, 7) is 4.34. The Kier molecular flexibility index (Phi) is 3.69. The molecule has 23 heavy (non-hydrogen) atoms. The van der Waals surface area contributed by atoms with Crippen LogP contribution in [0.5, 0.6) is 0 Å². The van der Waals surface area contributed by atoms with Crippen molar-refractivity contribution in [1.82, 2.24) is 0 Å². The molecule has 0 radical (unpaired) electrons. The molecule has 0 saturated heterocycles. The maximum atomic E-state index is 5.75. The number of ether oxygens (including phenoxy) is 2. The van der Waals surface area contributed by atoms with Gasteiger partial charge >= 0.3 is 0 Å².